The van der Waals surface area contributed by atoms with Gasteiger partial charge in [0.05, 0.1) is 18.7 Å². The van der Waals surface area contributed by atoms with Gasteiger partial charge in [-0.05, 0) is 48.8 Å². The van der Waals surface area contributed by atoms with Crippen molar-refractivity contribution in [3.63, 3.8) is 0 Å². The molecule has 3 atom stereocenters. The van der Waals surface area contributed by atoms with E-state index in [1.807, 2.05) is 4.90 Å². The summed E-state index contributed by atoms with van der Waals surface area (Å²) in [6.07, 6.45) is 7.63. The first-order chi connectivity index (χ1) is 14.1. The molecule has 0 spiro atoms. The number of amides is 2. The summed E-state index contributed by atoms with van der Waals surface area (Å²) in [5.41, 5.74) is 3.76. The molecule has 1 heterocycles. The summed E-state index contributed by atoms with van der Waals surface area (Å²) in [6.45, 7) is 0.300. The normalized spacial score (nSPS) is 26.1. The lowest BCUT2D eigenvalue weighted by Gasteiger charge is -2.55. The molecule has 6 heteroatoms. The van der Waals surface area contributed by atoms with E-state index in [4.69, 9.17) is 4.74 Å². The first-order valence-corrected chi connectivity index (χ1v) is 10.6. The second-order valence-corrected chi connectivity index (χ2v) is 8.34. The zero-order chi connectivity index (χ0) is 20.4. The zero-order valence-corrected chi connectivity index (χ0v) is 17.0. The van der Waals surface area contributed by atoms with Gasteiger partial charge in [-0.1, -0.05) is 30.3 Å². The van der Waals surface area contributed by atoms with E-state index < -0.39 is 0 Å². The summed E-state index contributed by atoms with van der Waals surface area (Å²) in [5.74, 6) is 0.0102. The number of aliphatic hydroxyl groups is 1. The highest BCUT2D eigenvalue weighted by molar-refractivity contribution is 5.83. The van der Waals surface area contributed by atoms with Gasteiger partial charge in [-0.2, -0.15) is 0 Å². The number of carbonyl (C=O) groups is 2. The van der Waals surface area contributed by atoms with E-state index >= 15 is 0 Å². The van der Waals surface area contributed by atoms with E-state index in [1.54, 1.807) is 0 Å². The molecule has 0 unspecified atom stereocenters. The van der Waals surface area contributed by atoms with Gasteiger partial charge in [0.25, 0.3) is 0 Å². The molecule has 4 rings (SSSR count). The Kier molecular flexibility index (Phi) is 6.01. The summed E-state index contributed by atoms with van der Waals surface area (Å²) in [7, 11) is 1.48. The Morgan fingerprint density at radius 2 is 1.97 bits per heavy atom. The highest BCUT2D eigenvalue weighted by Crippen LogP contribution is 2.44. The van der Waals surface area contributed by atoms with E-state index in [2.05, 4.69) is 35.7 Å². The van der Waals surface area contributed by atoms with Crippen LogP contribution in [0.5, 0.6) is 0 Å². The third-order valence-electron chi connectivity index (χ3n) is 6.40. The van der Waals surface area contributed by atoms with E-state index in [1.165, 1.54) is 24.7 Å². The Labute approximate surface area is 171 Å². The number of aliphatic hydroxyl groups excluding tert-OH is 1. The maximum atomic E-state index is 12.8. The number of benzene rings is 1. The molecule has 6 nitrogen and oxygen atoms in total. The first-order valence-electron chi connectivity index (χ1n) is 10.6. The quantitative estimate of drug-likeness (QED) is 0.703. The summed E-state index contributed by atoms with van der Waals surface area (Å²) >= 11 is 0. The molecule has 2 aliphatic carbocycles. The average molecular weight is 399 g/mol. The maximum absolute atomic E-state index is 12.8. The number of hydrogen-bond acceptors (Lipinski definition) is 4. The fourth-order valence-corrected chi connectivity index (χ4v) is 4.74. The van der Waals surface area contributed by atoms with Crippen molar-refractivity contribution in [3.05, 3.63) is 41.5 Å². The number of hydrogen-bond donors (Lipinski definition) is 2. The first kappa shape index (κ1) is 20.1. The van der Waals surface area contributed by atoms with Crippen LogP contribution in [0, 0.1) is 5.92 Å². The van der Waals surface area contributed by atoms with Crippen molar-refractivity contribution in [2.24, 2.45) is 5.92 Å². The standard InChI is InChI=1S/C23H30N2O4/c1-29-14-21(27)24-12-19-22(20(13-26)25(19)23(28)18-10-11-18)17-8-6-16(7-9-17)15-4-2-3-5-15/h4,6-9,18-20,22,26H,2-3,5,10-14H2,1H3,(H,24,27)/t19-,20+,22+/m1/s1. The third kappa shape index (κ3) is 4.09. The number of carbonyl (C=O) groups excluding carboxylic acids is 2. The van der Waals surface area contributed by atoms with Crippen molar-refractivity contribution in [1.82, 2.24) is 10.2 Å². The minimum atomic E-state index is -0.232. The van der Waals surface area contributed by atoms with Crippen LogP contribution in [0.15, 0.2) is 30.3 Å². The van der Waals surface area contributed by atoms with Gasteiger partial charge in [0, 0.05) is 25.5 Å². The lowest BCUT2D eigenvalue weighted by Crippen LogP contribution is -2.69. The summed E-state index contributed by atoms with van der Waals surface area (Å²) in [5, 5.41) is 12.9. The van der Waals surface area contributed by atoms with Gasteiger partial charge in [0.15, 0.2) is 0 Å². The van der Waals surface area contributed by atoms with Gasteiger partial charge in [0.1, 0.15) is 6.61 Å². The van der Waals surface area contributed by atoms with Gasteiger partial charge in [-0.25, -0.2) is 0 Å². The Hall–Kier alpha value is -2.18. The molecule has 1 saturated carbocycles. The van der Waals surface area contributed by atoms with Crippen LogP contribution in [0.1, 0.15) is 49.1 Å². The molecular weight excluding hydrogens is 368 g/mol. The summed E-state index contributed by atoms with van der Waals surface area (Å²) < 4.78 is 4.89. The minimum Gasteiger partial charge on any atom is -0.394 e. The molecule has 2 amide bonds. The molecule has 1 aromatic carbocycles. The number of methoxy groups -OCH3 is 1. The SMILES string of the molecule is COCC(=O)NC[C@@H]1[C@H](c2ccc(C3=CCCC3)cc2)[C@H](CO)N1C(=O)C1CC1. The van der Waals surface area contributed by atoms with Crippen molar-refractivity contribution in [3.8, 4) is 0 Å². The minimum absolute atomic E-state index is 0.00119. The number of likely N-dealkylation sites (tertiary alicyclic amines) is 1. The van der Waals surface area contributed by atoms with E-state index in [0.717, 1.165) is 31.2 Å². The average Bonchev–Trinajstić information content (AvgIpc) is 3.42. The molecular formula is C23H30N2O4. The smallest absolute Gasteiger partial charge is 0.246 e. The van der Waals surface area contributed by atoms with Crippen molar-refractivity contribution in [2.75, 3.05) is 26.9 Å². The molecule has 0 radical (unpaired) electrons. The van der Waals surface area contributed by atoms with Crippen molar-refractivity contribution in [1.29, 1.82) is 0 Å². The van der Waals surface area contributed by atoms with Crippen LogP contribution >= 0.6 is 0 Å². The van der Waals surface area contributed by atoms with Crippen molar-refractivity contribution < 1.29 is 19.4 Å². The fourth-order valence-electron chi connectivity index (χ4n) is 4.74. The second kappa shape index (κ2) is 8.67. The molecule has 1 saturated heterocycles. The van der Waals surface area contributed by atoms with Crippen LogP contribution in [0.3, 0.4) is 0 Å². The van der Waals surface area contributed by atoms with Crippen molar-refractivity contribution >= 4 is 17.4 Å². The van der Waals surface area contributed by atoms with Gasteiger partial charge in [0.2, 0.25) is 11.8 Å². The Morgan fingerprint density at radius 3 is 2.55 bits per heavy atom. The monoisotopic (exact) mass is 398 g/mol. The van der Waals surface area contributed by atoms with Gasteiger partial charge in [-0.15, -0.1) is 0 Å². The second-order valence-electron chi connectivity index (χ2n) is 8.34. The highest BCUT2D eigenvalue weighted by Gasteiger charge is 2.53. The number of rotatable bonds is 8. The predicted molar refractivity (Wildman–Crippen MR) is 110 cm³/mol. The number of nitrogens with one attached hydrogen (secondary N) is 1. The number of nitrogens with zero attached hydrogens (tertiary/aromatic N) is 1. The summed E-state index contributed by atoms with van der Waals surface area (Å²) in [6, 6.07) is 8.15. The molecule has 1 aliphatic heterocycles. The molecule has 3 aliphatic rings. The lowest BCUT2D eigenvalue weighted by atomic mass is 9.74. The topological polar surface area (TPSA) is 78.9 Å². The van der Waals surface area contributed by atoms with Crippen LogP contribution < -0.4 is 5.32 Å². The predicted octanol–water partition coefficient (Wildman–Crippen LogP) is 2.08. The number of allylic oxidation sites excluding steroid dienone is 2. The van der Waals surface area contributed by atoms with Crippen LogP contribution in [0.2, 0.25) is 0 Å². The lowest BCUT2D eigenvalue weighted by molar-refractivity contribution is -0.152. The van der Waals surface area contributed by atoms with E-state index in [9.17, 15) is 14.7 Å². The van der Waals surface area contributed by atoms with Crippen molar-refractivity contribution in [2.45, 2.75) is 50.1 Å². The molecule has 156 valence electrons. The Balaban J connectivity index is 1.53. The molecule has 2 fully saturated rings. The van der Waals surface area contributed by atoms with Crippen LogP contribution in [0.4, 0.5) is 0 Å². The molecule has 1 aromatic rings. The zero-order valence-electron chi connectivity index (χ0n) is 17.0. The Morgan fingerprint density at radius 1 is 1.21 bits per heavy atom. The van der Waals surface area contributed by atoms with Gasteiger partial charge >= 0.3 is 0 Å². The molecule has 29 heavy (non-hydrogen) atoms. The molecule has 0 bridgehead atoms. The van der Waals surface area contributed by atoms with Crippen LogP contribution in [-0.4, -0.2) is 60.8 Å². The van der Waals surface area contributed by atoms with Crippen LogP contribution in [-0.2, 0) is 14.3 Å². The highest BCUT2D eigenvalue weighted by atomic mass is 16.5. The van der Waals surface area contributed by atoms with Gasteiger partial charge in [-0.3, -0.25) is 9.59 Å². The number of ether oxygens (including phenoxy) is 1. The van der Waals surface area contributed by atoms with Gasteiger partial charge < -0.3 is 20.1 Å². The fraction of sp³-hybridized carbons (Fsp3) is 0.565. The van der Waals surface area contributed by atoms with E-state index in [0.29, 0.717) is 6.54 Å². The largest absolute Gasteiger partial charge is 0.394 e. The summed E-state index contributed by atoms with van der Waals surface area (Å²) in [4.78, 5) is 26.5. The maximum Gasteiger partial charge on any atom is 0.246 e. The van der Waals surface area contributed by atoms with E-state index in [-0.39, 0.29) is 48.9 Å². The Bertz CT molecular complexity index is 785. The third-order valence-corrected chi connectivity index (χ3v) is 6.40. The molecule has 2 N–H and O–H groups in total. The molecule has 0 aromatic heterocycles. The van der Waals surface area contributed by atoms with Crippen LogP contribution in [0.25, 0.3) is 5.57 Å².